The largest absolute Gasteiger partial charge is 0.497 e. The zero-order chi connectivity index (χ0) is 24.6. The van der Waals surface area contributed by atoms with Gasteiger partial charge in [0.1, 0.15) is 22.2 Å². The van der Waals surface area contributed by atoms with Crippen LogP contribution in [0.3, 0.4) is 0 Å². The quantitative estimate of drug-likeness (QED) is 0.285. The smallest absolute Gasteiger partial charge is 0.341 e. The molecule has 0 fully saturated rings. The number of hydrogen-bond acceptors (Lipinski definition) is 7. The van der Waals surface area contributed by atoms with E-state index in [2.05, 4.69) is 4.98 Å². The number of rotatable bonds is 5. The number of H-pyrrole nitrogens is 1. The number of aromatic nitrogens is 2. The Balaban J connectivity index is 1.62. The molecule has 7 nitrogen and oxygen atoms in total. The third kappa shape index (κ3) is 3.97. The highest BCUT2D eigenvalue weighted by atomic mass is 32.1. The second kappa shape index (κ2) is 9.28. The first-order valence-electron chi connectivity index (χ1n) is 12.1. The molecule has 182 valence electrons. The SMILES string of the molecule is CCOC(=O)c1c(N=c2oc3ccc(OC)cc3cc2-c2nc3ccccc3[nH]2)sc2c1CCCC2. The second-order valence-corrected chi connectivity index (χ2v) is 9.78. The molecule has 0 aliphatic heterocycles. The Hall–Kier alpha value is -3.91. The predicted octanol–water partition coefficient (Wildman–Crippen LogP) is 6.33. The summed E-state index contributed by atoms with van der Waals surface area (Å²) in [6.07, 6.45) is 3.98. The number of methoxy groups -OCH3 is 1. The number of carbonyl (C=O) groups excluding carboxylic acids is 1. The molecule has 1 aliphatic rings. The van der Waals surface area contributed by atoms with Gasteiger partial charge in [-0.05, 0) is 74.6 Å². The number of benzene rings is 2. The van der Waals surface area contributed by atoms with Gasteiger partial charge in [-0.15, -0.1) is 11.3 Å². The van der Waals surface area contributed by atoms with E-state index in [-0.39, 0.29) is 5.97 Å². The molecule has 2 aromatic carbocycles. The van der Waals surface area contributed by atoms with Gasteiger partial charge in [0.2, 0.25) is 5.55 Å². The van der Waals surface area contributed by atoms with Gasteiger partial charge in [-0.1, -0.05) is 12.1 Å². The van der Waals surface area contributed by atoms with Crippen LogP contribution in [-0.2, 0) is 17.6 Å². The van der Waals surface area contributed by atoms with Crippen molar-refractivity contribution in [1.82, 2.24) is 9.97 Å². The lowest BCUT2D eigenvalue weighted by molar-refractivity contribution is 0.0526. The molecule has 3 heterocycles. The van der Waals surface area contributed by atoms with Crippen molar-refractivity contribution < 1.29 is 18.7 Å². The molecule has 1 N–H and O–H groups in total. The molecule has 3 aromatic heterocycles. The number of hydrogen-bond donors (Lipinski definition) is 1. The van der Waals surface area contributed by atoms with Crippen LogP contribution in [-0.4, -0.2) is 29.7 Å². The molecule has 36 heavy (non-hydrogen) atoms. The molecule has 0 amide bonds. The number of imidazole rings is 1. The minimum Gasteiger partial charge on any atom is -0.497 e. The van der Waals surface area contributed by atoms with Crippen molar-refractivity contribution in [3.8, 4) is 17.1 Å². The number of nitrogens with zero attached hydrogens (tertiary/aromatic N) is 2. The maximum atomic E-state index is 13.0. The summed E-state index contributed by atoms with van der Waals surface area (Å²) in [6, 6.07) is 15.5. The number of thiophene rings is 1. The van der Waals surface area contributed by atoms with Crippen molar-refractivity contribution in [2.45, 2.75) is 32.6 Å². The Labute approximate surface area is 211 Å². The van der Waals surface area contributed by atoms with E-state index in [1.807, 2.05) is 55.5 Å². The monoisotopic (exact) mass is 499 g/mol. The van der Waals surface area contributed by atoms with Crippen molar-refractivity contribution in [2.24, 2.45) is 4.99 Å². The zero-order valence-corrected chi connectivity index (χ0v) is 20.9. The first kappa shape index (κ1) is 22.5. The number of ether oxygens (including phenoxy) is 2. The Morgan fingerprint density at radius 3 is 2.86 bits per heavy atom. The first-order valence-corrected chi connectivity index (χ1v) is 12.9. The lowest BCUT2D eigenvalue weighted by atomic mass is 9.95. The number of esters is 1. The molecular formula is C28H25N3O4S. The van der Waals surface area contributed by atoms with Gasteiger partial charge in [-0.2, -0.15) is 0 Å². The second-order valence-electron chi connectivity index (χ2n) is 8.69. The lowest BCUT2D eigenvalue weighted by Gasteiger charge is -2.11. The van der Waals surface area contributed by atoms with Gasteiger partial charge in [-0.3, -0.25) is 0 Å². The topological polar surface area (TPSA) is 89.7 Å². The summed E-state index contributed by atoms with van der Waals surface area (Å²) in [5.41, 5.74) is 5.15. The number of para-hydroxylation sites is 2. The van der Waals surface area contributed by atoms with Gasteiger partial charge < -0.3 is 18.9 Å². The van der Waals surface area contributed by atoms with Crippen LogP contribution in [0.5, 0.6) is 5.75 Å². The molecule has 5 aromatic rings. The molecule has 0 spiro atoms. The highest BCUT2D eigenvalue weighted by molar-refractivity contribution is 7.16. The predicted molar refractivity (Wildman–Crippen MR) is 140 cm³/mol. The number of aromatic amines is 1. The number of nitrogens with one attached hydrogen (secondary N) is 1. The summed E-state index contributed by atoms with van der Waals surface area (Å²) < 4.78 is 17.2. The Kier molecular flexibility index (Phi) is 5.81. The van der Waals surface area contributed by atoms with E-state index < -0.39 is 0 Å². The fraction of sp³-hybridized carbons (Fsp3) is 0.250. The molecular weight excluding hydrogens is 474 g/mol. The van der Waals surface area contributed by atoms with Crippen LogP contribution < -0.4 is 10.3 Å². The number of carbonyl (C=O) groups is 1. The van der Waals surface area contributed by atoms with Gasteiger partial charge in [0, 0.05) is 10.3 Å². The van der Waals surface area contributed by atoms with Crippen LogP contribution in [0.2, 0.25) is 0 Å². The van der Waals surface area contributed by atoms with Crippen molar-refractivity contribution in [3.05, 3.63) is 70.1 Å². The fourth-order valence-corrected chi connectivity index (χ4v) is 5.95. The Morgan fingerprint density at radius 1 is 1.17 bits per heavy atom. The Morgan fingerprint density at radius 2 is 2.03 bits per heavy atom. The third-order valence-corrected chi connectivity index (χ3v) is 7.62. The minimum atomic E-state index is -0.327. The summed E-state index contributed by atoms with van der Waals surface area (Å²) in [5.74, 6) is 1.04. The van der Waals surface area contributed by atoms with E-state index in [9.17, 15) is 4.79 Å². The minimum absolute atomic E-state index is 0.315. The Bertz CT molecular complexity index is 1640. The number of aryl methyl sites for hydroxylation is 1. The van der Waals surface area contributed by atoms with Crippen molar-refractivity contribution in [1.29, 1.82) is 0 Å². The first-order chi connectivity index (χ1) is 17.6. The van der Waals surface area contributed by atoms with E-state index in [4.69, 9.17) is 23.9 Å². The standard InChI is InChI=1S/C28H25N3O4S/c1-3-34-28(32)24-18-8-4-7-11-23(18)36-27(24)31-26-19(25-29-20-9-5-6-10-21(20)30-25)15-16-14-17(33-2)12-13-22(16)35-26/h5-6,9-10,12-15H,3-4,7-8,11H2,1-2H3,(H,29,30). The van der Waals surface area contributed by atoms with Crippen LogP contribution in [0.1, 0.15) is 40.6 Å². The molecule has 1 aliphatic carbocycles. The molecule has 0 unspecified atom stereocenters. The average molecular weight is 500 g/mol. The molecule has 0 saturated heterocycles. The molecule has 6 rings (SSSR count). The maximum absolute atomic E-state index is 13.0. The summed E-state index contributed by atoms with van der Waals surface area (Å²) >= 11 is 1.55. The molecule has 0 bridgehead atoms. The molecule has 0 radical (unpaired) electrons. The summed E-state index contributed by atoms with van der Waals surface area (Å²) in [4.78, 5) is 27.3. The third-order valence-electron chi connectivity index (χ3n) is 6.43. The zero-order valence-electron chi connectivity index (χ0n) is 20.1. The highest BCUT2D eigenvalue weighted by Gasteiger charge is 2.26. The van der Waals surface area contributed by atoms with Gasteiger partial charge in [0.15, 0.2) is 0 Å². The van der Waals surface area contributed by atoms with E-state index in [0.29, 0.717) is 39.7 Å². The van der Waals surface area contributed by atoms with E-state index in [1.54, 1.807) is 18.4 Å². The van der Waals surface area contributed by atoms with Gasteiger partial charge in [0.25, 0.3) is 0 Å². The van der Waals surface area contributed by atoms with Gasteiger partial charge in [0.05, 0.1) is 35.9 Å². The fourth-order valence-electron chi connectivity index (χ4n) is 4.70. The maximum Gasteiger partial charge on any atom is 0.341 e. The molecule has 0 atom stereocenters. The van der Waals surface area contributed by atoms with Crippen LogP contribution in [0, 0.1) is 0 Å². The lowest BCUT2D eigenvalue weighted by Crippen LogP contribution is -2.10. The average Bonchev–Trinajstić information content (AvgIpc) is 3.49. The molecule has 8 heteroatoms. The van der Waals surface area contributed by atoms with Crippen LogP contribution in [0.25, 0.3) is 33.4 Å². The van der Waals surface area contributed by atoms with E-state index in [0.717, 1.165) is 53.4 Å². The van der Waals surface area contributed by atoms with Crippen molar-refractivity contribution >= 4 is 44.3 Å². The van der Waals surface area contributed by atoms with Gasteiger partial charge >= 0.3 is 5.97 Å². The van der Waals surface area contributed by atoms with Gasteiger partial charge in [-0.25, -0.2) is 14.8 Å². The molecule has 0 saturated carbocycles. The van der Waals surface area contributed by atoms with Crippen molar-refractivity contribution in [3.63, 3.8) is 0 Å². The van der Waals surface area contributed by atoms with E-state index in [1.165, 1.54) is 4.88 Å². The van der Waals surface area contributed by atoms with Crippen LogP contribution in [0.4, 0.5) is 5.00 Å². The van der Waals surface area contributed by atoms with E-state index >= 15 is 0 Å². The summed E-state index contributed by atoms with van der Waals surface area (Å²) in [6.45, 7) is 2.13. The highest BCUT2D eigenvalue weighted by Crippen LogP contribution is 2.40. The normalized spacial score (nSPS) is 13.8. The van der Waals surface area contributed by atoms with Crippen molar-refractivity contribution in [2.75, 3.05) is 13.7 Å². The number of fused-ring (bicyclic) bond motifs is 3. The summed E-state index contributed by atoms with van der Waals surface area (Å²) in [7, 11) is 1.64. The van der Waals surface area contributed by atoms with Crippen LogP contribution in [0.15, 0.2) is 57.9 Å². The van der Waals surface area contributed by atoms with Crippen LogP contribution >= 0.6 is 11.3 Å². The summed E-state index contributed by atoms with van der Waals surface area (Å²) in [5, 5.41) is 1.48.